The summed E-state index contributed by atoms with van der Waals surface area (Å²) in [7, 11) is 0. The van der Waals surface area contributed by atoms with Crippen molar-refractivity contribution < 1.29 is 4.79 Å². The fraction of sp³-hybridized carbons (Fsp3) is 0.273. The monoisotopic (exact) mass is 315 g/mol. The van der Waals surface area contributed by atoms with Crippen molar-refractivity contribution >= 4 is 11.9 Å². The number of carbonyl (C=O) groups is 1. The molecular formula is C22H21NO. The molecule has 1 aliphatic rings. The number of hydrogen-bond donors (Lipinski definition) is 0. The summed E-state index contributed by atoms with van der Waals surface area (Å²) in [5.41, 5.74) is 2.44. The molecule has 0 amide bonds. The van der Waals surface area contributed by atoms with Crippen LogP contribution in [-0.2, 0) is 10.2 Å². The Kier molecular flexibility index (Phi) is 4.91. The highest BCUT2D eigenvalue weighted by atomic mass is 16.1. The Hall–Kier alpha value is -2.66. The lowest BCUT2D eigenvalue weighted by atomic mass is 9.64. The predicted molar refractivity (Wildman–Crippen MR) is 96.2 cm³/mol. The number of hydrogen-bond acceptors (Lipinski definition) is 2. The molecule has 1 saturated carbocycles. The summed E-state index contributed by atoms with van der Waals surface area (Å²) < 4.78 is 0. The average Bonchev–Trinajstić information content (AvgIpc) is 2.64. The third-order valence-corrected chi connectivity index (χ3v) is 4.91. The maximum absolute atomic E-state index is 13.4. The Morgan fingerprint density at radius 1 is 1.04 bits per heavy atom. The van der Waals surface area contributed by atoms with Crippen molar-refractivity contribution in [2.24, 2.45) is 0 Å². The van der Waals surface area contributed by atoms with Gasteiger partial charge >= 0.3 is 0 Å². The third-order valence-electron chi connectivity index (χ3n) is 4.91. The van der Waals surface area contributed by atoms with Gasteiger partial charge in [-0.05, 0) is 48.5 Å². The molecular weight excluding hydrogens is 294 g/mol. The number of ketones is 1. The molecule has 2 nitrogen and oxygen atoms in total. The standard InChI is InChI=1S/C22H21NO/c23-16-8-15-22(20-12-5-2-6-13-20)14-7-11-19(21(22)24)17-18-9-3-1-4-10-18/h1-6,9-10,12-13,17H,7-8,11,14-15H2/b19-17+/t22-/m1/s1. The fourth-order valence-corrected chi connectivity index (χ4v) is 3.69. The molecule has 0 radical (unpaired) electrons. The van der Waals surface area contributed by atoms with Gasteiger partial charge in [-0.25, -0.2) is 0 Å². The van der Waals surface area contributed by atoms with E-state index in [1.807, 2.05) is 66.7 Å². The molecule has 1 fully saturated rings. The zero-order valence-corrected chi connectivity index (χ0v) is 13.7. The summed E-state index contributed by atoms with van der Waals surface area (Å²) in [5, 5.41) is 9.07. The van der Waals surface area contributed by atoms with Gasteiger partial charge in [0.05, 0.1) is 11.5 Å². The molecule has 0 spiro atoms. The van der Waals surface area contributed by atoms with Crippen LogP contribution in [0.4, 0.5) is 0 Å². The van der Waals surface area contributed by atoms with Crippen molar-refractivity contribution in [2.45, 2.75) is 37.5 Å². The number of Topliss-reactive ketones (excluding diaryl/α,β-unsaturated/α-hetero) is 1. The lowest BCUT2D eigenvalue weighted by Gasteiger charge is -2.37. The van der Waals surface area contributed by atoms with Crippen molar-refractivity contribution in [2.75, 3.05) is 0 Å². The molecule has 120 valence electrons. The quantitative estimate of drug-likeness (QED) is 0.739. The number of carbonyl (C=O) groups excluding carboxylic acids is 1. The van der Waals surface area contributed by atoms with Crippen molar-refractivity contribution in [3.63, 3.8) is 0 Å². The number of benzene rings is 2. The van der Waals surface area contributed by atoms with Crippen LogP contribution in [-0.4, -0.2) is 5.78 Å². The topological polar surface area (TPSA) is 40.9 Å². The van der Waals surface area contributed by atoms with Crippen molar-refractivity contribution in [1.82, 2.24) is 0 Å². The SMILES string of the molecule is N#CCC[C@@]1(c2ccccc2)CCC/C(=C\c2ccccc2)C1=O. The molecule has 0 heterocycles. The highest BCUT2D eigenvalue weighted by Gasteiger charge is 2.43. The van der Waals surface area contributed by atoms with Crippen molar-refractivity contribution in [3.05, 3.63) is 77.4 Å². The second kappa shape index (κ2) is 7.27. The van der Waals surface area contributed by atoms with E-state index in [2.05, 4.69) is 6.07 Å². The number of nitrogens with zero attached hydrogens (tertiary/aromatic N) is 1. The van der Waals surface area contributed by atoms with Gasteiger partial charge in [-0.3, -0.25) is 4.79 Å². The van der Waals surface area contributed by atoms with Crippen LogP contribution in [0.1, 0.15) is 43.2 Å². The van der Waals surface area contributed by atoms with Crippen LogP contribution in [0.5, 0.6) is 0 Å². The molecule has 0 unspecified atom stereocenters. The Morgan fingerprint density at radius 2 is 1.71 bits per heavy atom. The lowest BCUT2D eigenvalue weighted by Crippen LogP contribution is -2.40. The summed E-state index contributed by atoms with van der Waals surface area (Å²) in [6.45, 7) is 0. The number of allylic oxidation sites excluding steroid dienone is 1. The van der Waals surface area contributed by atoms with E-state index in [1.165, 1.54) is 0 Å². The number of nitriles is 1. The Morgan fingerprint density at radius 3 is 2.38 bits per heavy atom. The van der Waals surface area contributed by atoms with Gasteiger partial charge in [0.2, 0.25) is 0 Å². The van der Waals surface area contributed by atoms with E-state index < -0.39 is 5.41 Å². The summed E-state index contributed by atoms with van der Waals surface area (Å²) in [6.07, 6.45) is 5.63. The molecule has 0 aromatic heterocycles. The summed E-state index contributed by atoms with van der Waals surface area (Å²) in [5.74, 6) is 0.194. The van der Waals surface area contributed by atoms with Crippen LogP contribution in [0.25, 0.3) is 6.08 Å². The second-order valence-electron chi connectivity index (χ2n) is 6.37. The third kappa shape index (κ3) is 3.16. The summed E-state index contributed by atoms with van der Waals surface area (Å²) >= 11 is 0. The van der Waals surface area contributed by atoms with Crippen LogP contribution in [0.3, 0.4) is 0 Å². The zero-order chi connectivity index (χ0) is 16.8. The van der Waals surface area contributed by atoms with Crippen molar-refractivity contribution in [3.8, 4) is 6.07 Å². The van der Waals surface area contributed by atoms with E-state index in [0.29, 0.717) is 12.8 Å². The van der Waals surface area contributed by atoms with Crippen LogP contribution in [0.2, 0.25) is 0 Å². The first-order valence-corrected chi connectivity index (χ1v) is 8.49. The molecule has 0 aliphatic heterocycles. The minimum Gasteiger partial charge on any atom is -0.294 e. The average molecular weight is 315 g/mol. The number of rotatable bonds is 4. The van der Waals surface area contributed by atoms with Crippen molar-refractivity contribution in [1.29, 1.82) is 5.26 Å². The Balaban J connectivity index is 2.01. The molecule has 0 bridgehead atoms. The highest BCUT2D eigenvalue weighted by Crippen LogP contribution is 2.42. The van der Waals surface area contributed by atoms with Gasteiger partial charge in [0.1, 0.15) is 0 Å². The van der Waals surface area contributed by atoms with Crippen LogP contribution in [0.15, 0.2) is 66.2 Å². The van der Waals surface area contributed by atoms with Crippen LogP contribution >= 0.6 is 0 Å². The predicted octanol–water partition coefficient (Wildman–Crippen LogP) is 5.06. The maximum atomic E-state index is 13.4. The van der Waals surface area contributed by atoms with E-state index >= 15 is 0 Å². The fourth-order valence-electron chi connectivity index (χ4n) is 3.69. The molecule has 0 saturated heterocycles. The van der Waals surface area contributed by atoms with E-state index in [4.69, 9.17) is 5.26 Å². The van der Waals surface area contributed by atoms with Crippen LogP contribution < -0.4 is 0 Å². The summed E-state index contributed by atoms with van der Waals surface area (Å²) in [4.78, 5) is 13.4. The molecule has 0 N–H and O–H groups in total. The molecule has 1 aliphatic carbocycles. The van der Waals surface area contributed by atoms with Gasteiger partial charge in [0.25, 0.3) is 0 Å². The van der Waals surface area contributed by atoms with E-state index in [9.17, 15) is 4.79 Å². The van der Waals surface area contributed by atoms with Crippen LogP contribution in [0, 0.1) is 11.3 Å². The van der Waals surface area contributed by atoms with Gasteiger partial charge in [0.15, 0.2) is 5.78 Å². The normalized spacial score (nSPS) is 22.3. The Labute approximate surface area is 143 Å². The first-order chi connectivity index (χ1) is 11.8. The minimum atomic E-state index is -0.546. The van der Waals surface area contributed by atoms with Gasteiger partial charge in [-0.1, -0.05) is 60.7 Å². The molecule has 2 aromatic rings. The van der Waals surface area contributed by atoms with E-state index in [0.717, 1.165) is 36.0 Å². The first-order valence-electron chi connectivity index (χ1n) is 8.49. The molecule has 1 atom stereocenters. The second-order valence-corrected chi connectivity index (χ2v) is 6.37. The smallest absolute Gasteiger partial charge is 0.169 e. The summed E-state index contributed by atoms with van der Waals surface area (Å²) in [6, 6.07) is 22.2. The van der Waals surface area contributed by atoms with Gasteiger partial charge in [0, 0.05) is 6.42 Å². The van der Waals surface area contributed by atoms with Gasteiger partial charge < -0.3 is 0 Å². The molecule has 3 rings (SSSR count). The molecule has 24 heavy (non-hydrogen) atoms. The Bertz CT molecular complexity index is 771. The van der Waals surface area contributed by atoms with Gasteiger partial charge in [-0.2, -0.15) is 5.26 Å². The van der Waals surface area contributed by atoms with E-state index in [1.54, 1.807) is 0 Å². The first kappa shape index (κ1) is 16.2. The molecule has 2 heteroatoms. The zero-order valence-electron chi connectivity index (χ0n) is 13.7. The largest absolute Gasteiger partial charge is 0.294 e. The van der Waals surface area contributed by atoms with Gasteiger partial charge in [-0.15, -0.1) is 0 Å². The molecule has 2 aromatic carbocycles. The maximum Gasteiger partial charge on any atom is 0.169 e. The van der Waals surface area contributed by atoms with E-state index in [-0.39, 0.29) is 5.78 Å². The highest BCUT2D eigenvalue weighted by molar-refractivity contribution is 6.07. The minimum absolute atomic E-state index is 0.194. The lowest BCUT2D eigenvalue weighted by molar-refractivity contribution is -0.122.